The summed E-state index contributed by atoms with van der Waals surface area (Å²) in [5.74, 6) is -2.86. The van der Waals surface area contributed by atoms with Gasteiger partial charge in [-0.25, -0.2) is 4.79 Å². The lowest BCUT2D eigenvalue weighted by molar-refractivity contribution is -0.192. The van der Waals surface area contributed by atoms with E-state index in [4.69, 9.17) is 20.9 Å². The average Bonchev–Trinajstić information content (AvgIpc) is 3.29. The number of carbonyl (C=O) groups is 3. The van der Waals surface area contributed by atoms with E-state index in [0.717, 1.165) is 38.8 Å². The standard InChI is InChI=1S/C14H22N4O2.C2HF3O2/c15-10-11-4-3-9-18(11)14(20)12(16)5-6-13(19)17-7-1-2-8-17;3-2(4,5)1(6)7/h11-12H,1-9,16H2;(H,6,7)/t11-,12-;/m0./s1. The van der Waals surface area contributed by atoms with Crippen LogP contribution in [0.1, 0.15) is 38.5 Å². The van der Waals surface area contributed by atoms with Crippen LogP contribution in [0.25, 0.3) is 0 Å². The van der Waals surface area contributed by atoms with Crippen LogP contribution in [-0.4, -0.2) is 70.6 Å². The first-order chi connectivity index (χ1) is 12.6. The van der Waals surface area contributed by atoms with Gasteiger partial charge in [-0.05, 0) is 32.1 Å². The van der Waals surface area contributed by atoms with Crippen LogP contribution in [0.4, 0.5) is 13.2 Å². The van der Waals surface area contributed by atoms with Gasteiger partial charge in [-0.15, -0.1) is 0 Å². The molecule has 0 spiro atoms. The number of aliphatic carboxylic acids is 1. The Morgan fingerprint density at radius 2 is 1.74 bits per heavy atom. The van der Waals surface area contributed by atoms with Gasteiger partial charge in [-0.3, -0.25) is 9.59 Å². The molecule has 11 heteroatoms. The number of hydrogen-bond donors (Lipinski definition) is 2. The van der Waals surface area contributed by atoms with Crippen LogP contribution in [0.3, 0.4) is 0 Å². The molecule has 2 aliphatic heterocycles. The molecule has 152 valence electrons. The number of rotatable bonds is 4. The third-order valence-corrected chi connectivity index (χ3v) is 4.37. The summed E-state index contributed by atoms with van der Waals surface area (Å²) >= 11 is 0. The fourth-order valence-corrected chi connectivity index (χ4v) is 2.90. The SMILES string of the molecule is N#C[C@@H]1CCCN1C(=O)[C@@H](N)CCC(=O)N1CCCC1.O=C(O)C(F)(F)F. The maximum absolute atomic E-state index is 12.2. The van der Waals surface area contributed by atoms with Gasteiger partial charge in [0.05, 0.1) is 12.1 Å². The zero-order chi connectivity index (χ0) is 20.6. The van der Waals surface area contributed by atoms with Gasteiger partial charge in [-0.1, -0.05) is 0 Å². The molecule has 8 nitrogen and oxygen atoms in total. The minimum absolute atomic E-state index is 0.0870. The van der Waals surface area contributed by atoms with Crippen LogP contribution in [0.5, 0.6) is 0 Å². The number of carboxylic acids is 1. The quantitative estimate of drug-likeness (QED) is 0.731. The molecular formula is C16H23F3N4O4. The van der Waals surface area contributed by atoms with Crippen molar-refractivity contribution in [2.75, 3.05) is 19.6 Å². The third-order valence-electron chi connectivity index (χ3n) is 4.37. The lowest BCUT2D eigenvalue weighted by Crippen LogP contribution is -2.46. The number of nitrogens with two attached hydrogens (primary N) is 1. The van der Waals surface area contributed by atoms with E-state index in [2.05, 4.69) is 6.07 Å². The maximum Gasteiger partial charge on any atom is 0.490 e. The number of nitrogens with zero attached hydrogens (tertiary/aromatic N) is 3. The Bertz CT molecular complexity index is 585. The maximum atomic E-state index is 12.2. The number of carbonyl (C=O) groups excluding carboxylic acids is 2. The molecule has 0 saturated carbocycles. The zero-order valence-corrected chi connectivity index (χ0v) is 14.7. The molecule has 2 rings (SSSR count). The van der Waals surface area contributed by atoms with Gasteiger partial charge < -0.3 is 20.6 Å². The predicted octanol–water partition coefficient (Wildman–Crippen LogP) is 0.864. The number of amides is 2. The molecule has 0 aliphatic carbocycles. The van der Waals surface area contributed by atoms with Crippen molar-refractivity contribution < 1.29 is 32.7 Å². The first kappa shape index (κ1) is 22.7. The number of nitriles is 1. The second-order valence-electron chi connectivity index (χ2n) is 6.35. The Morgan fingerprint density at radius 1 is 1.19 bits per heavy atom. The summed E-state index contributed by atoms with van der Waals surface area (Å²) in [5.41, 5.74) is 5.89. The second kappa shape index (κ2) is 10.1. The van der Waals surface area contributed by atoms with Crippen LogP contribution in [0.15, 0.2) is 0 Å². The summed E-state index contributed by atoms with van der Waals surface area (Å²) in [6, 6.07) is 1.12. The van der Waals surface area contributed by atoms with E-state index in [1.165, 1.54) is 0 Å². The molecule has 27 heavy (non-hydrogen) atoms. The van der Waals surface area contributed by atoms with E-state index in [1.807, 2.05) is 4.90 Å². The summed E-state index contributed by atoms with van der Waals surface area (Å²) < 4.78 is 31.7. The topological polar surface area (TPSA) is 128 Å². The zero-order valence-electron chi connectivity index (χ0n) is 14.7. The molecule has 2 fully saturated rings. The summed E-state index contributed by atoms with van der Waals surface area (Å²) in [4.78, 5) is 36.4. The van der Waals surface area contributed by atoms with E-state index in [1.54, 1.807) is 4.90 Å². The average molecular weight is 392 g/mol. The van der Waals surface area contributed by atoms with Crippen LogP contribution in [0, 0.1) is 11.3 Å². The highest BCUT2D eigenvalue weighted by atomic mass is 19.4. The van der Waals surface area contributed by atoms with Gasteiger partial charge in [0.2, 0.25) is 11.8 Å². The number of carboxylic acid groups (broad SMARTS) is 1. The fourth-order valence-electron chi connectivity index (χ4n) is 2.90. The summed E-state index contributed by atoms with van der Waals surface area (Å²) in [5, 5.41) is 16.1. The van der Waals surface area contributed by atoms with E-state index in [0.29, 0.717) is 19.4 Å². The summed E-state index contributed by atoms with van der Waals surface area (Å²) in [7, 11) is 0. The first-order valence-corrected chi connectivity index (χ1v) is 8.61. The van der Waals surface area contributed by atoms with Gasteiger partial charge in [0.1, 0.15) is 6.04 Å². The fraction of sp³-hybridized carbons (Fsp3) is 0.750. The Balaban J connectivity index is 0.000000445. The summed E-state index contributed by atoms with van der Waals surface area (Å²) in [6.45, 7) is 2.25. The van der Waals surface area contributed by atoms with Gasteiger partial charge in [0, 0.05) is 26.1 Å². The molecule has 2 heterocycles. The Kier molecular flexibility index (Phi) is 8.49. The van der Waals surface area contributed by atoms with Crippen molar-refractivity contribution in [1.82, 2.24) is 9.80 Å². The molecule has 0 aromatic rings. The molecule has 2 aliphatic rings. The lowest BCUT2D eigenvalue weighted by atomic mass is 10.1. The van der Waals surface area contributed by atoms with Crippen LogP contribution >= 0.6 is 0 Å². The van der Waals surface area contributed by atoms with Crippen molar-refractivity contribution >= 4 is 17.8 Å². The van der Waals surface area contributed by atoms with Gasteiger partial charge >= 0.3 is 12.1 Å². The van der Waals surface area contributed by atoms with Gasteiger partial charge in [-0.2, -0.15) is 18.4 Å². The highest BCUT2D eigenvalue weighted by Crippen LogP contribution is 2.18. The van der Waals surface area contributed by atoms with E-state index >= 15 is 0 Å². The molecular weight excluding hydrogens is 369 g/mol. The molecule has 0 aromatic heterocycles. The van der Waals surface area contributed by atoms with Crippen molar-refractivity contribution in [3.8, 4) is 6.07 Å². The van der Waals surface area contributed by atoms with Crippen molar-refractivity contribution in [3.63, 3.8) is 0 Å². The molecule has 0 aromatic carbocycles. The highest BCUT2D eigenvalue weighted by molar-refractivity contribution is 5.84. The molecule has 2 saturated heterocycles. The Morgan fingerprint density at radius 3 is 2.22 bits per heavy atom. The smallest absolute Gasteiger partial charge is 0.475 e. The Hall–Kier alpha value is -2.35. The monoisotopic (exact) mass is 392 g/mol. The molecule has 2 amide bonds. The predicted molar refractivity (Wildman–Crippen MR) is 87.1 cm³/mol. The lowest BCUT2D eigenvalue weighted by Gasteiger charge is -2.23. The second-order valence-corrected chi connectivity index (χ2v) is 6.35. The normalized spacial score (nSPS) is 20.5. The summed E-state index contributed by atoms with van der Waals surface area (Å²) in [6.07, 6.45) is -0.700. The van der Waals surface area contributed by atoms with Gasteiger partial charge in [0.25, 0.3) is 0 Å². The van der Waals surface area contributed by atoms with Crippen LogP contribution < -0.4 is 5.73 Å². The number of likely N-dealkylation sites (tertiary alicyclic amines) is 2. The van der Waals surface area contributed by atoms with Crippen LogP contribution in [0.2, 0.25) is 0 Å². The van der Waals surface area contributed by atoms with Crippen molar-refractivity contribution in [3.05, 3.63) is 0 Å². The van der Waals surface area contributed by atoms with Crippen LogP contribution in [-0.2, 0) is 14.4 Å². The highest BCUT2D eigenvalue weighted by Gasteiger charge is 2.38. The number of hydrogen-bond acceptors (Lipinski definition) is 5. The molecule has 3 N–H and O–H groups in total. The minimum Gasteiger partial charge on any atom is -0.475 e. The largest absolute Gasteiger partial charge is 0.490 e. The number of halogens is 3. The first-order valence-electron chi connectivity index (χ1n) is 8.61. The van der Waals surface area contributed by atoms with Crippen molar-refractivity contribution in [2.45, 2.75) is 56.8 Å². The van der Waals surface area contributed by atoms with E-state index < -0.39 is 18.2 Å². The van der Waals surface area contributed by atoms with E-state index in [9.17, 15) is 22.8 Å². The minimum atomic E-state index is -5.08. The van der Waals surface area contributed by atoms with E-state index in [-0.39, 0.29) is 17.9 Å². The Labute approximate surface area is 154 Å². The van der Waals surface area contributed by atoms with Gasteiger partial charge in [0.15, 0.2) is 0 Å². The molecule has 0 unspecified atom stereocenters. The molecule has 2 atom stereocenters. The third kappa shape index (κ3) is 7.05. The van der Waals surface area contributed by atoms with Crippen molar-refractivity contribution in [2.24, 2.45) is 5.73 Å². The molecule has 0 bridgehead atoms. The molecule has 0 radical (unpaired) electrons. The number of alkyl halides is 3. The van der Waals surface area contributed by atoms with Crippen molar-refractivity contribution in [1.29, 1.82) is 5.26 Å².